The molecule has 0 aliphatic heterocycles. The van der Waals surface area contributed by atoms with Gasteiger partial charge in [-0.25, -0.2) is 0 Å². The van der Waals surface area contributed by atoms with Gasteiger partial charge in [-0.15, -0.1) is 0 Å². The summed E-state index contributed by atoms with van der Waals surface area (Å²) in [7, 11) is 3.63. The van der Waals surface area contributed by atoms with Crippen LogP contribution >= 0.6 is 27.5 Å². The van der Waals surface area contributed by atoms with Crippen molar-refractivity contribution in [1.82, 2.24) is 5.32 Å². The maximum absolute atomic E-state index is 6.10. The molecule has 2 aromatic rings. The van der Waals surface area contributed by atoms with Crippen LogP contribution in [0.2, 0.25) is 5.02 Å². The molecule has 1 unspecified atom stereocenters. The first-order valence-corrected chi connectivity index (χ1v) is 7.56. The van der Waals surface area contributed by atoms with E-state index in [2.05, 4.69) is 33.4 Å². The normalized spacial score (nSPS) is 12.2. The number of likely N-dealkylation sites (N-methyl/N-ethyl adjacent to an activating group) is 1. The van der Waals surface area contributed by atoms with Crippen LogP contribution in [0.25, 0.3) is 0 Å². The van der Waals surface area contributed by atoms with Crippen molar-refractivity contribution in [2.45, 2.75) is 12.5 Å². The first-order valence-electron chi connectivity index (χ1n) is 6.39. The minimum atomic E-state index is 0.205. The lowest BCUT2D eigenvalue weighted by molar-refractivity contribution is 0.414. The monoisotopic (exact) mass is 353 g/mol. The fraction of sp³-hybridized carbons (Fsp3) is 0.250. The summed E-state index contributed by atoms with van der Waals surface area (Å²) in [5.41, 5.74) is 2.41. The number of hydrogen-bond donors (Lipinski definition) is 1. The predicted molar refractivity (Wildman–Crippen MR) is 87.7 cm³/mol. The second kappa shape index (κ2) is 7.11. The van der Waals surface area contributed by atoms with Crippen molar-refractivity contribution < 1.29 is 4.74 Å². The molecule has 0 spiro atoms. The molecule has 0 saturated heterocycles. The van der Waals surface area contributed by atoms with Crippen molar-refractivity contribution in [2.24, 2.45) is 0 Å². The number of hydrogen-bond acceptors (Lipinski definition) is 2. The average molecular weight is 355 g/mol. The summed E-state index contributed by atoms with van der Waals surface area (Å²) in [4.78, 5) is 0. The predicted octanol–water partition coefficient (Wildman–Crippen LogP) is 4.61. The van der Waals surface area contributed by atoms with E-state index in [0.717, 1.165) is 27.2 Å². The molecule has 1 N–H and O–H groups in total. The number of benzene rings is 2. The molecule has 2 nitrogen and oxygen atoms in total. The van der Waals surface area contributed by atoms with Gasteiger partial charge in [0, 0.05) is 15.5 Å². The Balaban J connectivity index is 2.21. The number of nitrogens with one attached hydrogen (secondary N) is 1. The zero-order valence-electron chi connectivity index (χ0n) is 11.5. The minimum absolute atomic E-state index is 0.205. The number of halogens is 2. The summed E-state index contributed by atoms with van der Waals surface area (Å²) in [5, 5.41) is 4.09. The van der Waals surface area contributed by atoms with Crippen LogP contribution in [0.3, 0.4) is 0 Å². The van der Waals surface area contributed by atoms with Crippen molar-refractivity contribution in [1.29, 1.82) is 0 Å². The van der Waals surface area contributed by atoms with Crippen LogP contribution in [0.5, 0.6) is 5.75 Å². The van der Waals surface area contributed by atoms with Crippen molar-refractivity contribution in [3.8, 4) is 5.75 Å². The molecule has 2 rings (SSSR count). The molecule has 0 aromatic heterocycles. The maximum Gasteiger partial charge on any atom is 0.118 e. The highest BCUT2D eigenvalue weighted by molar-refractivity contribution is 9.10. The molecule has 20 heavy (non-hydrogen) atoms. The number of rotatable bonds is 5. The number of methoxy groups -OCH3 is 1. The van der Waals surface area contributed by atoms with Crippen LogP contribution in [-0.4, -0.2) is 14.2 Å². The molecular formula is C16H17BrClNO. The summed E-state index contributed by atoms with van der Waals surface area (Å²) in [6.45, 7) is 0. The third kappa shape index (κ3) is 3.75. The quantitative estimate of drug-likeness (QED) is 0.846. The fourth-order valence-corrected chi connectivity index (χ4v) is 2.85. The lowest BCUT2D eigenvalue weighted by atomic mass is 9.99. The van der Waals surface area contributed by atoms with Crippen LogP contribution in [0.15, 0.2) is 46.9 Å². The van der Waals surface area contributed by atoms with Crippen LogP contribution in [0.1, 0.15) is 17.2 Å². The van der Waals surface area contributed by atoms with Crippen LogP contribution in [0, 0.1) is 0 Å². The maximum atomic E-state index is 6.10. The first-order chi connectivity index (χ1) is 9.63. The van der Waals surface area contributed by atoms with E-state index in [9.17, 15) is 0 Å². The van der Waals surface area contributed by atoms with E-state index in [-0.39, 0.29) is 6.04 Å². The Hall–Kier alpha value is -1.03. The van der Waals surface area contributed by atoms with Crippen LogP contribution in [-0.2, 0) is 6.42 Å². The molecule has 0 fully saturated rings. The third-order valence-electron chi connectivity index (χ3n) is 3.28. The molecule has 2 aromatic carbocycles. The molecule has 0 amide bonds. The Labute approximate surface area is 133 Å². The molecular weight excluding hydrogens is 338 g/mol. The topological polar surface area (TPSA) is 21.3 Å². The van der Waals surface area contributed by atoms with E-state index >= 15 is 0 Å². The lowest BCUT2D eigenvalue weighted by Gasteiger charge is -2.19. The smallest absolute Gasteiger partial charge is 0.118 e. The highest BCUT2D eigenvalue weighted by Gasteiger charge is 2.14. The van der Waals surface area contributed by atoms with E-state index < -0.39 is 0 Å². The zero-order chi connectivity index (χ0) is 14.5. The van der Waals surface area contributed by atoms with Gasteiger partial charge in [-0.05, 0) is 54.9 Å². The molecule has 0 bridgehead atoms. The standard InChI is InChI=1S/C16H17BrClNO/c1-19-16(14-10-12(18)5-8-15(14)17)9-11-3-6-13(20-2)7-4-11/h3-8,10,16,19H,9H2,1-2H3. The summed E-state index contributed by atoms with van der Waals surface area (Å²) in [6.07, 6.45) is 0.888. The third-order valence-corrected chi connectivity index (χ3v) is 4.24. The Kier molecular flexibility index (Phi) is 5.46. The Morgan fingerprint density at radius 1 is 1.20 bits per heavy atom. The minimum Gasteiger partial charge on any atom is -0.497 e. The fourth-order valence-electron chi connectivity index (χ4n) is 2.15. The van der Waals surface area contributed by atoms with E-state index in [4.69, 9.17) is 16.3 Å². The second-order valence-corrected chi connectivity index (χ2v) is 5.85. The summed E-state index contributed by atoms with van der Waals surface area (Å²) < 4.78 is 6.24. The SMILES string of the molecule is CNC(Cc1ccc(OC)cc1)c1cc(Cl)ccc1Br. The molecule has 0 saturated carbocycles. The molecule has 0 aliphatic rings. The Morgan fingerprint density at radius 2 is 1.90 bits per heavy atom. The van der Waals surface area contributed by atoms with Crippen molar-refractivity contribution in [3.63, 3.8) is 0 Å². The van der Waals surface area contributed by atoms with Gasteiger partial charge in [-0.1, -0.05) is 39.7 Å². The van der Waals surface area contributed by atoms with E-state index in [0.29, 0.717) is 0 Å². The van der Waals surface area contributed by atoms with Gasteiger partial charge in [0.15, 0.2) is 0 Å². The zero-order valence-corrected chi connectivity index (χ0v) is 13.8. The van der Waals surface area contributed by atoms with E-state index in [1.807, 2.05) is 37.4 Å². The van der Waals surface area contributed by atoms with Gasteiger partial charge in [0.2, 0.25) is 0 Å². The molecule has 4 heteroatoms. The van der Waals surface area contributed by atoms with Crippen LogP contribution in [0.4, 0.5) is 0 Å². The molecule has 1 atom stereocenters. The summed E-state index contributed by atoms with van der Waals surface area (Å²) in [6, 6.07) is 14.2. The van der Waals surface area contributed by atoms with Gasteiger partial charge in [0.25, 0.3) is 0 Å². The average Bonchev–Trinajstić information content (AvgIpc) is 2.48. The van der Waals surface area contributed by atoms with Gasteiger partial charge in [-0.3, -0.25) is 0 Å². The van der Waals surface area contributed by atoms with Crippen molar-refractivity contribution in [2.75, 3.05) is 14.2 Å². The van der Waals surface area contributed by atoms with Gasteiger partial charge >= 0.3 is 0 Å². The first kappa shape index (κ1) is 15.4. The molecule has 0 heterocycles. The highest BCUT2D eigenvalue weighted by atomic mass is 79.9. The Bertz CT molecular complexity index is 571. The Morgan fingerprint density at radius 3 is 2.50 bits per heavy atom. The summed E-state index contributed by atoms with van der Waals surface area (Å²) in [5.74, 6) is 0.874. The summed E-state index contributed by atoms with van der Waals surface area (Å²) >= 11 is 9.68. The molecule has 106 valence electrons. The number of ether oxygens (including phenoxy) is 1. The van der Waals surface area contributed by atoms with Gasteiger partial charge in [0.05, 0.1) is 7.11 Å². The van der Waals surface area contributed by atoms with E-state index in [1.165, 1.54) is 5.56 Å². The van der Waals surface area contributed by atoms with Gasteiger partial charge in [-0.2, -0.15) is 0 Å². The second-order valence-electron chi connectivity index (χ2n) is 4.56. The van der Waals surface area contributed by atoms with Crippen molar-refractivity contribution >= 4 is 27.5 Å². The lowest BCUT2D eigenvalue weighted by Crippen LogP contribution is -2.19. The van der Waals surface area contributed by atoms with Crippen molar-refractivity contribution in [3.05, 3.63) is 63.1 Å². The van der Waals surface area contributed by atoms with Gasteiger partial charge < -0.3 is 10.1 Å². The van der Waals surface area contributed by atoms with E-state index in [1.54, 1.807) is 7.11 Å². The molecule has 0 aliphatic carbocycles. The highest BCUT2D eigenvalue weighted by Crippen LogP contribution is 2.29. The van der Waals surface area contributed by atoms with Gasteiger partial charge in [0.1, 0.15) is 5.75 Å². The largest absolute Gasteiger partial charge is 0.497 e. The van der Waals surface area contributed by atoms with Crippen LogP contribution < -0.4 is 10.1 Å². The molecule has 0 radical (unpaired) electrons.